The van der Waals surface area contributed by atoms with E-state index in [-0.39, 0.29) is 12.5 Å². The zero-order valence-corrected chi connectivity index (χ0v) is 17.1. The van der Waals surface area contributed by atoms with Gasteiger partial charge in [-0.05, 0) is 29.7 Å². The van der Waals surface area contributed by atoms with Crippen LogP contribution in [-0.4, -0.2) is 17.4 Å². The topological polar surface area (TPSA) is 54.0 Å². The minimum atomic E-state index is -0.136. The molecule has 0 aliphatic rings. The van der Waals surface area contributed by atoms with E-state index in [2.05, 4.69) is 22.5 Å². The van der Waals surface area contributed by atoms with Gasteiger partial charge in [0.1, 0.15) is 0 Å². The summed E-state index contributed by atoms with van der Waals surface area (Å²) in [5.74, 6) is -0.136. The van der Waals surface area contributed by atoms with Crippen LogP contribution in [0.4, 0.5) is 10.8 Å². The number of hydrogen-bond donors (Lipinski definition) is 2. The van der Waals surface area contributed by atoms with E-state index in [0.717, 1.165) is 22.5 Å². The summed E-state index contributed by atoms with van der Waals surface area (Å²) in [7, 11) is 0. The summed E-state index contributed by atoms with van der Waals surface area (Å²) in [4.78, 5) is 17.5. The number of hydrogen-bond acceptors (Lipinski definition) is 4. The standard InChI is InChI=1S/C20H19Cl2N3OS/c1-2-13-6-3-4-9-17(13)23-12-18(26)25-20-24-11-15(27-20)10-14-7-5-8-16(21)19(14)22/h3-9,11,23H,2,10,12H2,1H3,(H,24,25,26). The molecule has 1 aromatic heterocycles. The predicted octanol–water partition coefficient (Wildman–Crippen LogP) is 5.65. The van der Waals surface area contributed by atoms with Crippen LogP contribution in [0.5, 0.6) is 0 Å². The fourth-order valence-electron chi connectivity index (χ4n) is 2.66. The van der Waals surface area contributed by atoms with Gasteiger partial charge in [-0.2, -0.15) is 0 Å². The minimum absolute atomic E-state index is 0.136. The molecular formula is C20H19Cl2N3OS. The van der Waals surface area contributed by atoms with Crippen LogP contribution in [0.2, 0.25) is 10.0 Å². The first-order chi connectivity index (χ1) is 13.1. The molecule has 0 unspecified atom stereocenters. The average Bonchev–Trinajstić information content (AvgIpc) is 3.11. The smallest absolute Gasteiger partial charge is 0.245 e. The van der Waals surface area contributed by atoms with E-state index >= 15 is 0 Å². The Balaban J connectivity index is 1.57. The van der Waals surface area contributed by atoms with Gasteiger partial charge in [-0.3, -0.25) is 4.79 Å². The maximum Gasteiger partial charge on any atom is 0.245 e. The normalized spacial score (nSPS) is 10.6. The highest BCUT2D eigenvalue weighted by atomic mass is 35.5. The Morgan fingerprint density at radius 1 is 1.11 bits per heavy atom. The van der Waals surface area contributed by atoms with Gasteiger partial charge >= 0.3 is 0 Å². The number of aryl methyl sites for hydroxylation is 1. The van der Waals surface area contributed by atoms with Crippen LogP contribution in [-0.2, 0) is 17.6 Å². The zero-order chi connectivity index (χ0) is 19.2. The molecular weight excluding hydrogens is 401 g/mol. The van der Waals surface area contributed by atoms with Gasteiger partial charge in [0.25, 0.3) is 0 Å². The number of nitrogens with one attached hydrogen (secondary N) is 2. The highest BCUT2D eigenvalue weighted by Crippen LogP contribution is 2.29. The molecule has 1 amide bonds. The van der Waals surface area contributed by atoms with E-state index in [4.69, 9.17) is 23.2 Å². The Hall–Kier alpha value is -2.08. The van der Waals surface area contributed by atoms with E-state index in [9.17, 15) is 4.79 Å². The van der Waals surface area contributed by atoms with E-state index < -0.39 is 0 Å². The fourth-order valence-corrected chi connectivity index (χ4v) is 3.90. The fraction of sp³-hybridized carbons (Fsp3) is 0.200. The monoisotopic (exact) mass is 419 g/mol. The number of rotatable bonds is 7. The number of nitrogens with zero attached hydrogens (tertiary/aromatic N) is 1. The summed E-state index contributed by atoms with van der Waals surface area (Å²) < 4.78 is 0. The summed E-state index contributed by atoms with van der Waals surface area (Å²) in [5.41, 5.74) is 3.09. The van der Waals surface area contributed by atoms with Crippen molar-refractivity contribution >= 4 is 51.3 Å². The van der Waals surface area contributed by atoms with Crippen molar-refractivity contribution in [3.05, 3.63) is 74.7 Å². The number of halogens is 2. The van der Waals surface area contributed by atoms with Crippen LogP contribution in [0.25, 0.3) is 0 Å². The van der Waals surface area contributed by atoms with Gasteiger partial charge < -0.3 is 10.6 Å². The van der Waals surface area contributed by atoms with Crippen LogP contribution >= 0.6 is 34.5 Å². The molecule has 1 heterocycles. The third-order valence-corrected chi connectivity index (χ3v) is 5.80. The number of anilines is 2. The molecule has 0 spiro atoms. The van der Waals surface area contributed by atoms with Crippen LogP contribution in [0.3, 0.4) is 0 Å². The number of benzene rings is 2. The van der Waals surface area contributed by atoms with Crippen molar-refractivity contribution in [3.8, 4) is 0 Å². The molecule has 3 aromatic rings. The maximum absolute atomic E-state index is 12.2. The third-order valence-electron chi connectivity index (χ3n) is 4.03. The van der Waals surface area contributed by atoms with Gasteiger partial charge in [0.15, 0.2) is 5.13 Å². The molecule has 2 N–H and O–H groups in total. The van der Waals surface area contributed by atoms with Crippen LogP contribution in [0.15, 0.2) is 48.7 Å². The molecule has 0 bridgehead atoms. The maximum atomic E-state index is 12.2. The molecule has 0 fully saturated rings. The van der Waals surface area contributed by atoms with Crippen LogP contribution in [0, 0.1) is 0 Å². The largest absolute Gasteiger partial charge is 0.376 e. The molecule has 7 heteroatoms. The van der Waals surface area contributed by atoms with Crippen molar-refractivity contribution in [2.75, 3.05) is 17.2 Å². The van der Waals surface area contributed by atoms with E-state index in [1.807, 2.05) is 36.4 Å². The SMILES string of the molecule is CCc1ccccc1NCC(=O)Nc1ncc(Cc2cccc(Cl)c2Cl)s1. The predicted molar refractivity (Wildman–Crippen MR) is 114 cm³/mol. The van der Waals surface area contributed by atoms with Crippen LogP contribution in [0.1, 0.15) is 22.9 Å². The Morgan fingerprint density at radius 2 is 1.89 bits per heavy atom. The van der Waals surface area contributed by atoms with Gasteiger partial charge in [0.05, 0.1) is 16.6 Å². The third kappa shape index (κ3) is 5.22. The number of thiazole rings is 1. The summed E-state index contributed by atoms with van der Waals surface area (Å²) in [6.07, 6.45) is 3.28. The lowest BCUT2D eigenvalue weighted by Gasteiger charge is -2.10. The molecule has 2 aromatic carbocycles. The van der Waals surface area contributed by atoms with E-state index in [1.54, 1.807) is 12.3 Å². The van der Waals surface area contributed by atoms with E-state index in [1.165, 1.54) is 16.9 Å². The summed E-state index contributed by atoms with van der Waals surface area (Å²) in [6, 6.07) is 13.5. The van der Waals surface area contributed by atoms with Crippen molar-refractivity contribution in [1.82, 2.24) is 4.98 Å². The number of carbonyl (C=O) groups excluding carboxylic acids is 1. The average molecular weight is 420 g/mol. The first kappa shape index (κ1) is 19.7. The Morgan fingerprint density at radius 3 is 2.70 bits per heavy atom. The molecule has 0 radical (unpaired) electrons. The molecule has 140 valence electrons. The first-order valence-electron chi connectivity index (χ1n) is 8.56. The highest BCUT2D eigenvalue weighted by Gasteiger charge is 2.10. The molecule has 0 saturated heterocycles. The van der Waals surface area contributed by atoms with Gasteiger partial charge in [-0.1, -0.05) is 60.5 Å². The van der Waals surface area contributed by atoms with Gasteiger partial charge in [-0.25, -0.2) is 4.98 Å². The summed E-state index contributed by atoms with van der Waals surface area (Å²) in [5, 5.41) is 7.66. The van der Waals surface area contributed by atoms with Crippen LogP contribution < -0.4 is 10.6 Å². The second-order valence-electron chi connectivity index (χ2n) is 5.93. The molecule has 0 aliphatic heterocycles. The van der Waals surface area contributed by atoms with Gasteiger partial charge in [-0.15, -0.1) is 11.3 Å². The molecule has 0 aliphatic carbocycles. The second-order valence-corrected chi connectivity index (χ2v) is 7.83. The van der Waals surface area contributed by atoms with Crippen molar-refractivity contribution in [2.24, 2.45) is 0 Å². The van der Waals surface area contributed by atoms with Crippen molar-refractivity contribution < 1.29 is 4.79 Å². The van der Waals surface area contributed by atoms with Crippen molar-refractivity contribution in [3.63, 3.8) is 0 Å². The molecule has 4 nitrogen and oxygen atoms in total. The zero-order valence-electron chi connectivity index (χ0n) is 14.8. The minimum Gasteiger partial charge on any atom is -0.376 e. The quantitative estimate of drug-likeness (QED) is 0.519. The lowest BCUT2D eigenvalue weighted by atomic mass is 10.1. The molecule has 0 atom stereocenters. The Labute approximate surface area is 172 Å². The molecule has 27 heavy (non-hydrogen) atoms. The lowest BCUT2D eigenvalue weighted by Crippen LogP contribution is -2.22. The van der Waals surface area contributed by atoms with E-state index in [0.29, 0.717) is 21.6 Å². The first-order valence-corrected chi connectivity index (χ1v) is 10.1. The summed E-state index contributed by atoms with van der Waals surface area (Å²) in [6.45, 7) is 2.27. The number of amides is 1. The second kappa shape index (κ2) is 9.22. The number of para-hydroxylation sites is 1. The molecule has 3 rings (SSSR count). The number of aromatic nitrogens is 1. The highest BCUT2D eigenvalue weighted by molar-refractivity contribution is 7.15. The number of carbonyl (C=O) groups is 1. The summed E-state index contributed by atoms with van der Waals surface area (Å²) >= 11 is 13.7. The van der Waals surface area contributed by atoms with Crippen molar-refractivity contribution in [2.45, 2.75) is 19.8 Å². The van der Waals surface area contributed by atoms with Gasteiger partial charge in [0.2, 0.25) is 5.91 Å². The Kier molecular flexibility index (Phi) is 6.72. The molecule has 0 saturated carbocycles. The Bertz CT molecular complexity index is 942. The van der Waals surface area contributed by atoms with Gasteiger partial charge in [0, 0.05) is 23.2 Å². The lowest BCUT2D eigenvalue weighted by molar-refractivity contribution is -0.114. The van der Waals surface area contributed by atoms with Crippen molar-refractivity contribution in [1.29, 1.82) is 0 Å².